The average molecular weight is 540 g/mol. The number of phenolic OH excluding ortho intramolecular Hbond substituents is 1. The minimum absolute atomic E-state index is 0.0229. The van der Waals surface area contributed by atoms with Gasteiger partial charge in [0.2, 0.25) is 0 Å². The molecular weight excluding hydrogens is 510 g/mol. The normalized spacial score (nSPS) is 21.3. The Hall–Kier alpha value is -2.93. The first-order chi connectivity index (χ1) is 16.6. The molecule has 4 rings (SSSR count). The molecule has 0 amide bonds. The van der Waals surface area contributed by atoms with E-state index in [1.165, 1.54) is 0 Å². The second-order valence-electron chi connectivity index (χ2n) is 9.89. The van der Waals surface area contributed by atoms with Crippen molar-refractivity contribution in [3.05, 3.63) is 69.3 Å². The molecule has 2 aliphatic rings. The average Bonchev–Trinajstić information content (AvgIpc) is 2.79. The van der Waals surface area contributed by atoms with Crippen molar-refractivity contribution in [3.8, 4) is 11.5 Å². The fourth-order valence-electron chi connectivity index (χ4n) is 5.06. The second-order valence-corrected chi connectivity index (χ2v) is 10.7. The lowest BCUT2D eigenvalue weighted by Crippen LogP contribution is -2.44. The van der Waals surface area contributed by atoms with E-state index in [4.69, 9.17) is 14.5 Å². The van der Waals surface area contributed by atoms with Gasteiger partial charge < -0.3 is 14.6 Å². The molecule has 0 saturated heterocycles. The Kier molecular flexibility index (Phi) is 7.17. The van der Waals surface area contributed by atoms with Crippen molar-refractivity contribution in [2.24, 2.45) is 16.3 Å². The number of benzene rings is 2. The van der Waals surface area contributed by atoms with Gasteiger partial charge in [-0.2, -0.15) is 0 Å². The Morgan fingerprint density at radius 1 is 1.17 bits per heavy atom. The third-order valence-corrected chi connectivity index (χ3v) is 7.11. The standard InChI is InChI=1S/C28H30BrNO5/c1-5-34-22-12-18(11-19(29)26(22)32)24-23(27(33)35-15-17-9-7-6-8-10-17)16(2)30-20-13-28(3,4)14-21(31)25(20)24/h6-12,24-25,32H,5,13-15H2,1-4H3. The van der Waals surface area contributed by atoms with Gasteiger partial charge >= 0.3 is 5.97 Å². The van der Waals surface area contributed by atoms with Crippen molar-refractivity contribution in [2.75, 3.05) is 6.61 Å². The van der Waals surface area contributed by atoms with Crippen LogP contribution in [0.25, 0.3) is 0 Å². The van der Waals surface area contributed by atoms with Crippen molar-refractivity contribution < 1.29 is 24.2 Å². The molecule has 0 bridgehead atoms. The summed E-state index contributed by atoms with van der Waals surface area (Å²) in [7, 11) is 0. The maximum absolute atomic E-state index is 13.5. The minimum Gasteiger partial charge on any atom is -0.503 e. The zero-order valence-corrected chi connectivity index (χ0v) is 22.0. The van der Waals surface area contributed by atoms with Gasteiger partial charge in [-0.05, 0) is 64.9 Å². The zero-order chi connectivity index (χ0) is 25.3. The van der Waals surface area contributed by atoms with Gasteiger partial charge in [0.25, 0.3) is 0 Å². The van der Waals surface area contributed by atoms with Crippen molar-refractivity contribution in [3.63, 3.8) is 0 Å². The SMILES string of the molecule is CCOc1cc(C2C(C(=O)OCc3ccccc3)=C(C)N=C3CC(C)(C)CC(=O)C32)cc(Br)c1O. The van der Waals surface area contributed by atoms with E-state index in [9.17, 15) is 14.7 Å². The zero-order valence-electron chi connectivity index (χ0n) is 20.4. The van der Waals surface area contributed by atoms with E-state index >= 15 is 0 Å². The highest BCUT2D eigenvalue weighted by Gasteiger charge is 2.48. The minimum atomic E-state index is -0.592. The summed E-state index contributed by atoms with van der Waals surface area (Å²) in [5, 5.41) is 10.5. The van der Waals surface area contributed by atoms with Crippen LogP contribution in [-0.4, -0.2) is 29.2 Å². The Bertz CT molecular complexity index is 1220. The molecule has 2 aromatic rings. The molecule has 1 N–H and O–H groups in total. The van der Waals surface area contributed by atoms with Gasteiger partial charge in [0.1, 0.15) is 12.4 Å². The van der Waals surface area contributed by atoms with Crippen LogP contribution in [0, 0.1) is 11.3 Å². The third kappa shape index (κ3) is 5.20. The van der Waals surface area contributed by atoms with Crippen molar-refractivity contribution in [2.45, 2.75) is 53.1 Å². The Morgan fingerprint density at radius 3 is 2.57 bits per heavy atom. The number of aliphatic imine (C=N–C) groups is 1. The lowest BCUT2D eigenvalue weighted by molar-refractivity contribution is -0.140. The highest BCUT2D eigenvalue weighted by Crippen LogP contribution is 2.49. The number of hydrogen-bond donors (Lipinski definition) is 1. The first-order valence-electron chi connectivity index (χ1n) is 11.8. The predicted octanol–water partition coefficient (Wildman–Crippen LogP) is 6.11. The van der Waals surface area contributed by atoms with Crippen LogP contribution in [0.4, 0.5) is 0 Å². The number of halogens is 1. The van der Waals surface area contributed by atoms with Crippen LogP contribution in [0.2, 0.25) is 0 Å². The summed E-state index contributed by atoms with van der Waals surface area (Å²) in [6, 6.07) is 12.9. The molecule has 35 heavy (non-hydrogen) atoms. The van der Waals surface area contributed by atoms with E-state index in [2.05, 4.69) is 29.8 Å². The first-order valence-corrected chi connectivity index (χ1v) is 12.6. The van der Waals surface area contributed by atoms with E-state index in [-0.39, 0.29) is 23.6 Å². The lowest BCUT2D eigenvalue weighted by Gasteiger charge is -2.41. The molecule has 2 unspecified atom stereocenters. The molecule has 1 aliphatic carbocycles. The highest BCUT2D eigenvalue weighted by atomic mass is 79.9. The molecule has 184 valence electrons. The summed E-state index contributed by atoms with van der Waals surface area (Å²) < 4.78 is 11.8. The molecule has 1 fully saturated rings. The molecular formula is C28H30BrNO5. The second kappa shape index (κ2) is 9.97. The van der Waals surface area contributed by atoms with Gasteiger partial charge in [-0.25, -0.2) is 4.79 Å². The van der Waals surface area contributed by atoms with Gasteiger partial charge in [0.05, 0.1) is 22.6 Å². The molecule has 0 spiro atoms. The van der Waals surface area contributed by atoms with Gasteiger partial charge in [-0.15, -0.1) is 0 Å². The van der Waals surface area contributed by atoms with Crippen LogP contribution < -0.4 is 4.74 Å². The van der Waals surface area contributed by atoms with Crippen LogP contribution in [0.3, 0.4) is 0 Å². The predicted molar refractivity (Wildman–Crippen MR) is 138 cm³/mol. The number of nitrogens with zero attached hydrogens (tertiary/aromatic N) is 1. The van der Waals surface area contributed by atoms with Crippen molar-refractivity contribution in [1.29, 1.82) is 0 Å². The number of Topliss-reactive ketones (excluding diaryl/α,β-unsaturated/α-hetero) is 1. The number of phenols is 1. The Morgan fingerprint density at radius 2 is 1.89 bits per heavy atom. The number of carbonyl (C=O) groups is 2. The van der Waals surface area contributed by atoms with E-state index in [1.807, 2.05) is 37.3 Å². The van der Waals surface area contributed by atoms with Crippen LogP contribution >= 0.6 is 15.9 Å². The first kappa shape index (κ1) is 25.2. The summed E-state index contributed by atoms with van der Waals surface area (Å²) in [4.78, 5) is 31.7. The smallest absolute Gasteiger partial charge is 0.336 e. The lowest BCUT2D eigenvalue weighted by atomic mass is 9.63. The van der Waals surface area contributed by atoms with Gasteiger partial charge in [-0.1, -0.05) is 44.2 Å². The van der Waals surface area contributed by atoms with E-state index in [0.29, 0.717) is 46.5 Å². The summed E-state index contributed by atoms with van der Waals surface area (Å²) in [6.07, 6.45) is 1.07. The molecule has 2 aromatic carbocycles. The van der Waals surface area contributed by atoms with Gasteiger partial charge in [-0.3, -0.25) is 9.79 Å². The van der Waals surface area contributed by atoms with Gasteiger partial charge in [0.15, 0.2) is 11.5 Å². The van der Waals surface area contributed by atoms with Gasteiger partial charge in [0, 0.05) is 23.7 Å². The number of ether oxygens (including phenoxy) is 2. The van der Waals surface area contributed by atoms with Crippen LogP contribution in [0.5, 0.6) is 11.5 Å². The topological polar surface area (TPSA) is 85.2 Å². The molecule has 6 nitrogen and oxygen atoms in total. The largest absolute Gasteiger partial charge is 0.503 e. The molecule has 1 heterocycles. The number of fused-ring (bicyclic) bond motifs is 1. The fraction of sp³-hybridized carbons (Fsp3) is 0.393. The van der Waals surface area contributed by atoms with Crippen molar-refractivity contribution in [1.82, 2.24) is 0 Å². The number of carbonyl (C=O) groups excluding carboxylic acids is 2. The third-order valence-electron chi connectivity index (χ3n) is 6.51. The number of esters is 1. The Labute approximate surface area is 214 Å². The fourth-order valence-corrected chi connectivity index (χ4v) is 5.52. The highest BCUT2D eigenvalue weighted by molar-refractivity contribution is 9.10. The molecule has 2 atom stereocenters. The monoisotopic (exact) mass is 539 g/mol. The maximum atomic E-state index is 13.5. The number of ketones is 1. The number of rotatable bonds is 6. The molecule has 1 saturated carbocycles. The number of aromatic hydroxyl groups is 1. The summed E-state index contributed by atoms with van der Waals surface area (Å²) in [6.45, 7) is 8.22. The van der Waals surface area contributed by atoms with Crippen LogP contribution in [0.15, 0.2) is 63.2 Å². The Balaban J connectivity index is 1.81. The van der Waals surface area contributed by atoms with E-state index in [0.717, 1.165) is 11.3 Å². The van der Waals surface area contributed by atoms with E-state index in [1.54, 1.807) is 19.1 Å². The molecule has 1 aliphatic heterocycles. The van der Waals surface area contributed by atoms with Crippen LogP contribution in [0.1, 0.15) is 57.6 Å². The summed E-state index contributed by atoms with van der Waals surface area (Å²) >= 11 is 3.41. The maximum Gasteiger partial charge on any atom is 0.336 e. The molecule has 0 aromatic heterocycles. The quantitative estimate of drug-likeness (QED) is 0.447. The molecule has 7 heteroatoms. The number of hydrogen-bond acceptors (Lipinski definition) is 6. The summed E-state index contributed by atoms with van der Waals surface area (Å²) in [5.41, 5.74) is 3.06. The molecule has 0 radical (unpaired) electrons. The number of allylic oxidation sites excluding steroid dienone is 1. The van der Waals surface area contributed by atoms with E-state index < -0.39 is 17.8 Å². The van der Waals surface area contributed by atoms with Crippen molar-refractivity contribution >= 4 is 33.4 Å². The summed E-state index contributed by atoms with van der Waals surface area (Å²) in [5.74, 6) is -1.35. The van der Waals surface area contributed by atoms with Crippen LogP contribution in [-0.2, 0) is 20.9 Å².